The van der Waals surface area contributed by atoms with Crippen molar-refractivity contribution in [2.45, 2.75) is 32.0 Å². The van der Waals surface area contributed by atoms with Gasteiger partial charge < -0.3 is 19.9 Å². The minimum atomic E-state index is -1.04. The van der Waals surface area contributed by atoms with Gasteiger partial charge in [0.15, 0.2) is 6.23 Å². The molecule has 1 fully saturated rings. The SMILES string of the molecule is C#Cc1cccc(C2C(C(=O)OC(C)N3CCN(C(c4ccccc4)c4ccccc4)CC3)=C(C)N=C(N)C2C(=O)OCCOC)c1. The Hall–Kier alpha value is -4.75. The fraction of sp³-hybridized carbons (Fsp3) is 0.342. The monoisotopic (exact) mass is 634 g/mol. The lowest BCUT2D eigenvalue weighted by Gasteiger charge is -2.41. The summed E-state index contributed by atoms with van der Waals surface area (Å²) in [6.45, 7) is 6.82. The van der Waals surface area contributed by atoms with Gasteiger partial charge in [-0.05, 0) is 42.7 Å². The molecule has 9 nitrogen and oxygen atoms in total. The first-order valence-corrected chi connectivity index (χ1v) is 15.9. The number of terminal acetylenes is 1. The number of piperazine rings is 1. The van der Waals surface area contributed by atoms with Crippen molar-refractivity contribution in [1.82, 2.24) is 9.80 Å². The number of allylic oxidation sites excluding steroid dienone is 1. The van der Waals surface area contributed by atoms with Crippen LogP contribution >= 0.6 is 0 Å². The molecule has 2 heterocycles. The van der Waals surface area contributed by atoms with Gasteiger partial charge in [0.05, 0.1) is 23.9 Å². The first-order valence-electron chi connectivity index (χ1n) is 15.9. The smallest absolute Gasteiger partial charge is 0.338 e. The van der Waals surface area contributed by atoms with E-state index in [-0.39, 0.29) is 30.7 Å². The van der Waals surface area contributed by atoms with Gasteiger partial charge in [-0.3, -0.25) is 14.6 Å². The van der Waals surface area contributed by atoms with Crippen LogP contribution in [0.5, 0.6) is 0 Å². The van der Waals surface area contributed by atoms with Gasteiger partial charge in [-0.2, -0.15) is 0 Å². The highest BCUT2D eigenvalue weighted by atomic mass is 16.6. The number of benzene rings is 3. The van der Waals surface area contributed by atoms with Gasteiger partial charge in [0.2, 0.25) is 0 Å². The molecule has 9 heteroatoms. The van der Waals surface area contributed by atoms with Crippen LogP contribution in [-0.2, 0) is 23.8 Å². The van der Waals surface area contributed by atoms with Gasteiger partial charge in [0.25, 0.3) is 0 Å². The third-order valence-corrected chi connectivity index (χ3v) is 8.80. The van der Waals surface area contributed by atoms with Gasteiger partial charge >= 0.3 is 11.9 Å². The van der Waals surface area contributed by atoms with E-state index >= 15 is 0 Å². The zero-order chi connectivity index (χ0) is 33.3. The van der Waals surface area contributed by atoms with Crippen LogP contribution in [0.2, 0.25) is 0 Å². The molecule has 47 heavy (non-hydrogen) atoms. The van der Waals surface area contributed by atoms with E-state index in [0.717, 1.165) is 13.1 Å². The van der Waals surface area contributed by atoms with Crippen molar-refractivity contribution in [1.29, 1.82) is 0 Å². The normalized spacial score (nSPS) is 19.5. The molecule has 0 spiro atoms. The van der Waals surface area contributed by atoms with E-state index in [1.54, 1.807) is 25.1 Å². The quantitative estimate of drug-likeness (QED) is 0.187. The highest BCUT2D eigenvalue weighted by molar-refractivity contribution is 6.06. The Labute approximate surface area is 277 Å². The van der Waals surface area contributed by atoms with Crippen LogP contribution in [-0.4, -0.2) is 80.3 Å². The standard InChI is InChI=1S/C38H42N4O5/c1-5-28-13-12-18-31(25-28)33-32(26(2)40-36(39)34(33)37(43)46-24-23-45-4)38(44)47-27(3)41-19-21-42(22-20-41)35(29-14-8-6-9-15-29)30-16-10-7-11-17-30/h1,6-18,25,27,33-35H,19-24H2,2-4H3,(H2,39,40). The minimum absolute atomic E-state index is 0.0388. The summed E-state index contributed by atoms with van der Waals surface area (Å²) in [5, 5.41) is 0. The van der Waals surface area contributed by atoms with Gasteiger partial charge in [-0.25, -0.2) is 9.79 Å². The Morgan fingerprint density at radius 2 is 1.55 bits per heavy atom. The van der Waals surface area contributed by atoms with Gasteiger partial charge in [0.1, 0.15) is 18.4 Å². The number of carbonyl (C=O) groups excluding carboxylic acids is 2. The van der Waals surface area contributed by atoms with Crippen LogP contribution in [0.25, 0.3) is 0 Å². The molecular formula is C38H42N4O5. The second kappa shape index (κ2) is 15.7. The fourth-order valence-electron chi connectivity index (χ4n) is 6.45. The second-order valence-corrected chi connectivity index (χ2v) is 11.7. The van der Waals surface area contributed by atoms with Crippen molar-refractivity contribution in [2.75, 3.05) is 46.5 Å². The van der Waals surface area contributed by atoms with Crippen molar-refractivity contribution in [3.63, 3.8) is 0 Å². The lowest BCUT2D eigenvalue weighted by Crippen LogP contribution is -2.51. The predicted molar refractivity (Wildman–Crippen MR) is 181 cm³/mol. The summed E-state index contributed by atoms with van der Waals surface area (Å²) >= 11 is 0. The molecule has 0 radical (unpaired) electrons. The van der Waals surface area contributed by atoms with Crippen LogP contribution < -0.4 is 5.73 Å². The molecule has 0 bridgehead atoms. The number of amidine groups is 1. The molecule has 244 valence electrons. The average molecular weight is 635 g/mol. The molecule has 0 amide bonds. The minimum Gasteiger partial charge on any atom is -0.463 e. The summed E-state index contributed by atoms with van der Waals surface area (Å²) in [7, 11) is 1.52. The number of nitrogens with two attached hydrogens (primary N) is 1. The molecule has 3 atom stereocenters. The largest absolute Gasteiger partial charge is 0.463 e. The zero-order valence-electron chi connectivity index (χ0n) is 27.2. The second-order valence-electron chi connectivity index (χ2n) is 11.7. The molecule has 1 saturated heterocycles. The summed E-state index contributed by atoms with van der Waals surface area (Å²) in [4.78, 5) is 36.5. The van der Waals surface area contributed by atoms with E-state index < -0.39 is 30.0 Å². The molecule has 2 aliphatic heterocycles. The molecule has 3 unspecified atom stereocenters. The first kappa shape index (κ1) is 33.6. The summed E-state index contributed by atoms with van der Waals surface area (Å²) in [6, 6.07) is 28.3. The summed E-state index contributed by atoms with van der Waals surface area (Å²) < 4.78 is 16.6. The van der Waals surface area contributed by atoms with Crippen molar-refractivity contribution < 1.29 is 23.8 Å². The van der Waals surface area contributed by atoms with E-state index in [1.807, 2.05) is 25.1 Å². The molecule has 5 rings (SSSR count). The maximum atomic E-state index is 14.0. The Kier molecular flexibility index (Phi) is 11.2. The molecule has 2 N–H and O–H groups in total. The molecule has 2 aliphatic rings. The van der Waals surface area contributed by atoms with Crippen LogP contribution in [0, 0.1) is 18.3 Å². The highest BCUT2D eigenvalue weighted by Gasteiger charge is 2.44. The number of nitrogens with zero attached hydrogens (tertiary/aromatic N) is 3. The van der Waals surface area contributed by atoms with E-state index in [2.05, 4.69) is 69.2 Å². The predicted octanol–water partition coefficient (Wildman–Crippen LogP) is 4.50. The molecule has 0 aliphatic carbocycles. The van der Waals surface area contributed by atoms with E-state index in [9.17, 15) is 9.59 Å². The first-order chi connectivity index (χ1) is 22.8. The van der Waals surface area contributed by atoms with Crippen LogP contribution in [0.1, 0.15) is 48.1 Å². The summed E-state index contributed by atoms with van der Waals surface area (Å²) in [6.07, 6.45) is 5.18. The number of aliphatic imine (C=N–C) groups is 1. The zero-order valence-corrected chi connectivity index (χ0v) is 27.2. The van der Waals surface area contributed by atoms with Crippen LogP contribution in [0.3, 0.4) is 0 Å². The Balaban J connectivity index is 1.34. The van der Waals surface area contributed by atoms with E-state index in [1.165, 1.54) is 18.2 Å². The number of hydrogen-bond donors (Lipinski definition) is 1. The maximum absolute atomic E-state index is 14.0. The molecular weight excluding hydrogens is 592 g/mol. The third-order valence-electron chi connectivity index (χ3n) is 8.80. The van der Waals surface area contributed by atoms with Crippen molar-refractivity contribution in [3.8, 4) is 12.3 Å². The summed E-state index contributed by atoms with van der Waals surface area (Å²) in [5.74, 6) is -0.320. The number of ether oxygens (including phenoxy) is 3. The number of rotatable bonds is 11. The average Bonchev–Trinajstić information content (AvgIpc) is 3.09. The van der Waals surface area contributed by atoms with Crippen molar-refractivity contribution in [3.05, 3.63) is 118 Å². The third kappa shape index (κ3) is 7.80. The highest BCUT2D eigenvalue weighted by Crippen LogP contribution is 2.40. The number of methoxy groups -OCH3 is 1. The van der Waals surface area contributed by atoms with Crippen LogP contribution in [0.4, 0.5) is 0 Å². The lowest BCUT2D eigenvalue weighted by molar-refractivity contribution is -0.155. The van der Waals surface area contributed by atoms with E-state index in [0.29, 0.717) is 29.9 Å². The van der Waals surface area contributed by atoms with Crippen molar-refractivity contribution >= 4 is 17.8 Å². The van der Waals surface area contributed by atoms with Gasteiger partial charge in [-0.1, -0.05) is 78.7 Å². The van der Waals surface area contributed by atoms with Gasteiger partial charge in [0, 0.05) is 44.8 Å². The summed E-state index contributed by atoms with van der Waals surface area (Å²) in [5.41, 5.74) is 10.7. The Bertz CT molecular complexity index is 1600. The number of hydrogen-bond acceptors (Lipinski definition) is 9. The number of esters is 2. The fourth-order valence-corrected chi connectivity index (χ4v) is 6.45. The topological polar surface area (TPSA) is 107 Å². The lowest BCUT2D eigenvalue weighted by atomic mass is 9.77. The van der Waals surface area contributed by atoms with E-state index in [4.69, 9.17) is 26.4 Å². The molecule has 3 aromatic carbocycles. The van der Waals surface area contributed by atoms with Crippen molar-refractivity contribution in [2.24, 2.45) is 16.6 Å². The Morgan fingerprint density at radius 3 is 2.15 bits per heavy atom. The molecule has 0 aromatic heterocycles. The van der Waals surface area contributed by atoms with Gasteiger partial charge in [-0.15, -0.1) is 6.42 Å². The number of carbonyl (C=O) groups is 2. The Morgan fingerprint density at radius 1 is 0.936 bits per heavy atom. The maximum Gasteiger partial charge on any atom is 0.338 e. The molecule has 3 aromatic rings. The van der Waals surface area contributed by atoms with Crippen LogP contribution in [0.15, 0.2) is 101 Å². The molecule has 0 saturated carbocycles.